The molecule has 1 unspecified atom stereocenters. The molecular formula is C18H39N7O2. The number of nitrogens with zero attached hydrogens (tertiary/aromatic N) is 1. The fraction of sp³-hybridized carbons (Fsp3) is 0.833. The Morgan fingerprint density at radius 2 is 1.59 bits per heavy atom. The lowest BCUT2D eigenvalue weighted by Gasteiger charge is -2.14. The largest absolute Gasteiger partial charge is 0.370 e. The summed E-state index contributed by atoms with van der Waals surface area (Å²) < 4.78 is 0. The van der Waals surface area contributed by atoms with Crippen molar-refractivity contribution in [1.82, 2.24) is 16.0 Å². The number of guanidine groups is 1. The van der Waals surface area contributed by atoms with Gasteiger partial charge in [0.1, 0.15) is 6.04 Å². The first kappa shape index (κ1) is 25.1. The number of carbonyl (C=O) groups is 2. The second-order valence-electron chi connectivity index (χ2n) is 6.65. The highest BCUT2D eigenvalue weighted by Gasteiger charge is 2.14. The van der Waals surface area contributed by atoms with E-state index in [-0.39, 0.29) is 17.8 Å². The van der Waals surface area contributed by atoms with E-state index < -0.39 is 6.04 Å². The topological polar surface area (TPSA) is 161 Å². The molecule has 9 N–H and O–H groups in total. The minimum absolute atomic E-state index is 0.0917. The summed E-state index contributed by atoms with van der Waals surface area (Å²) in [5.41, 5.74) is 15.9. The lowest BCUT2D eigenvalue weighted by molar-refractivity contribution is -0.128. The van der Waals surface area contributed by atoms with Gasteiger partial charge >= 0.3 is 0 Å². The lowest BCUT2D eigenvalue weighted by Crippen LogP contribution is -2.45. The number of rotatable bonds is 17. The zero-order valence-electron chi connectivity index (χ0n) is 16.8. The molecule has 2 amide bonds. The van der Waals surface area contributed by atoms with Gasteiger partial charge in [0.2, 0.25) is 11.8 Å². The Balaban J connectivity index is 3.59. The molecule has 0 heterocycles. The Morgan fingerprint density at radius 3 is 2.30 bits per heavy atom. The monoisotopic (exact) mass is 385 g/mol. The molecule has 0 aromatic heterocycles. The minimum atomic E-state index is -0.512. The predicted molar refractivity (Wildman–Crippen MR) is 110 cm³/mol. The summed E-state index contributed by atoms with van der Waals surface area (Å²) in [6.45, 7) is 5.50. The van der Waals surface area contributed by atoms with Crippen LogP contribution in [0.15, 0.2) is 4.99 Å². The molecule has 0 aliphatic carbocycles. The Labute approximate surface area is 163 Å². The van der Waals surface area contributed by atoms with Crippen molar-refractivity contribution < 1.29 is 9.59 Å². The van der Waals surface area contributed by atoms with Crippen LogP contribution < -0.4 is 33.2 Å². The van der Waals surface area contributed by atoms with Gasteiger partial charge < -0.3 is 33.2 Å². The number of nitrogens with two attached hydrogens (primary N) is 3. The van der Waals surface area contributed by atoms with Crippen LogP contribution in [0.4, 0.5) is 0 Å². The van der Waals surface area contributed by atoms with E-state index in [1.165, 1.54) is 0 Å². The highest BCUT2D eigenvalue weighted by Crippen LogP contribution is 2.03. The second-order valence-corrected chi connectivity index (χ2v) is 6.65. The fourth-order valence-electron chi connectivity index (χ4n) is 2.43. The van der Waals surface area contributed by atoms with Crippen molar-refractivity contribution in [2.45, 2.75) is 64.3 Å². The van der Waals surface area contributed by atoms with E-state index in [1.807, 2.05) is 0 Å². The van der Waals surface area contributed by atoms with Crippen molar-refractivity contribution in [2.24, 2.45) is 22.2 Å². The third-order valence-corrected chi connectivity index (χ3v) is 4.01. The van der Waals surface area contributed by atoms with Crippen LogP contribution in [-0.4, -0.2) is 56.5 Å². The molecule has 0 saturated carbocycles. The van der Waals surface area contributed by atoms with E-state index in [4.69, 9.17) is 17.2 Å². The van der Waals surface area contributed by atoms with Crippen LogP contribution >= 0.6 is 0 Å². The molecule has 0 fully saturated rings. The first-order valence-corrected chi connectivity index (χ1v) is 10.0. The second kappa shape index (κ2) is 17.5. The molecule has 158 valence electrons. The SMILES string of the molecule is CC(NC(=O)CCCCCCN=C(N)N)C(=O)NCCCCNCCCN. The molecule has 1 atom stereocenters. The molecule has 9 heteroatoms. The van der Waals surface area contributed by atoms with Crippen LogP contribution in [0.5, 0.6) is 0 Å². The molecule has 0 bridgehead atoms. The molecular weight excluding hydrogens is 346 g/mol. The summed E-state index contributed by atoms with van der Waals surface area (Å²) >= 11 is 0. The fourth-order valence-corrected chi connectivity index (χ4v) is 2.43. The Kier molecular flexibility index (Phi) is 16.3. The van der Waals surface area contributed by atoms with Crippen LogP contribution in [-0.2, 0) is 9.59 Å². The maximum atomic E-state index is 12.0. The van der Waals surface area contributed by atoms with E-state index in [1.54, 1.807) is 6.92 Å². The Morgan fingerprint density at radius 1 is 0.926 bits per heavy atom. The van der Waals surface area contributed by atoms with E-state index in [9.17, 15) is 9.59 Å². The van der Waals surface area contributed by atoms with Gasteiger partial charge in [-0.2, -0.15) is 0 Å². The van der Waals surface area contributed by atoms with Crippen molar-refractivity contribution in [1.29, 1.82) is 0 Å². The van der Waals surface area contributed by atoms with E-state index >= 15 is 0 Å². The van der Waals surface area contributed by atoms with Crippen molar-refractivity contribution in [3.63, 3.8) is 0 Å². The number of unbranched alkanes of at least 4 members (excludes halogenated alkanes) is 4. The van der Waals surface area contributed by atoms with Gasteiger partial charge in [0.25, 0.3) is 0 Å². The van der Waals surface area contributed by atoms with Gasteiger partial charge in [0.15, 0.2) is 5.96 Å². The molecule has 0 aromatic rings. The van der Waals surface area contributed by atoms with Crippen molar-refractivity contribution in [3.05, 3.63) is 0 Å². The van der Waals surface area contributed by atoms with Gasteiger partial charge in [-0.05, 0) is 58.7 Å². The molecule has 0 aliphatic heterocycles. The van der Waals surface area contributed by atoms with Gasteiger partial charge in [-0.3, -0.25) is 14.6 Å². The number of hydrogen-bond donors (Lipinski definition) is 6. The quantitative estimate of drug-likeness (QED) is 0.113. The van der Waals surface area contributed by atoms with Crippen LogP contribution in [0, 0.1) is 0 Å². The summed E-state index contributed by atoms with van der Waals surface area (Å²) in [6, 6.07) is -0.512. The smallest absolute Gasteiger partial charge is 0.242 e. The number of carbonyl (C=O) groups excluding carboxylic acids is 2. The first-order valence-electron chi connectivity index (χ1n) is 10.0. The minimum Gasteiger partial charge on any atom is -0.370 e. The maximum absolute atomic E-state index is 12.0. The van der Waals surface area contributed by atoms with Crippen LogP contribution in [0.3, 0.4) is 0 Å². The average molecular weight is 386 g/mol. The molecule has 9 nitrogen and oxygen atoms in total. The van der Waals surface area contributed by atoms with E-state index in [2.05, 4.69) is 20.9 Å². The summed E-state index contributed by atoms with van der Waals surface area (Å²) in [5, 5.41) is 8.89. The van der Waals surface area contributed by atoms with E-state index in [0.29, 0.717) is 26.1 Å². The predicted octanol–water partition coefficient (Wildman–Crippen LogP) is -0.450. The van der Waals surface area contributed by atoms with Gasteiger partial charge in [-0.15, -0.1) is 0 Å². The number of hydrogen-bond acceptors (Lipinski definition) is 5. The summed E-state index contributed by atoms with van der Waals surface area (Å²) in [4.78, 5) is 27.8. The third kappa shape index (κ3) is 17.3. The van der Waals surface area contributed by atoms with Crippen molar-refractivity contribution in [2.75, 3.05) is 32.7 Å². The number of nitrogens with one attached hydrogen (secondary N) is 3. The third-order valence-electron chi connectivity index (χ3n) is 4.01. The lowest BCUT2D eigenvalue weighted by atomic mass is 10.1. The molecule has 0 aliphatic rings. The molecule has 0 aromatic carbocycles. The first-order chi connectivity index (χ1) is 13.0. The standard InChI is InChI=1S/C18H39N7O2/c1-15(17(27)23-13-7-6-11-22-12-8-10-19)25-16(26)9-4-2-3-5-14-24-18(20)21/h15,22H,2-14,19H2,1H3,(H,23,27)(H,25,26)(H4,20,21,24). The van der Waals surface area contributed by atoms with E-state index in [0.717, 1.165) is 58.0 Å². The highest BCUT2D eigenvalue weighted by atomic mass is 16.2. The Bertz CT molecular complexity index is 426. The van der Waals surface area contributed by atoms with Gasteiger partial charge in [-0.1, -0.05) is 12.8 Å². The number of amides is 2. The zero-order chi connectivity index (χ0) is 20.3. The molecule has 27 heavy (non-hydrogen) atoms. The summed E-state index contributed by atoms with van der Waals surface area (Å²) in [6.07, 6.45) is 6.91. The molecule has 0 rings (SSSR count). The summed E-state index contributed by atoms with van der Waals surface area (Å²) in [5.74, 6) is -0.122. The van der Waals surface area contributed by atoms with Crippen molar-refractivity contribution >= 4 is 17.8 Å². The summed E-state index contributed by atoms with van der Waals surface area (Å²) in [7, 11) is 0. The highest BCUT2D eigenvalue weighted by molar-refractivity contribution is 5.87. The molecule has 0 radical (unpaired) electrons. The Hall–Kier alpha value is -1.87. The zero-order valence-corrected chi connectivity index (χ0v) is 16.8. The van der Waals surface area contributed by atoms with Crippen LogP contribution in [0.25, 0.3) is 0 Å². The van der Waals surface area contributed by atoms with Crippen molar-refractivity contribution in [3.8, 4) is 0 Å². The molecule has 0 spiro atoms. The van der Waals surface area contributed by atoms with Crippen LogP contribution in [0.2, 0.25) is 0 Å². The van der Waals surface area contributed by atoms with Gasteiger partial charge in [0.05, 0.1) is 0 Å². The van der Waals surface area contributed by atoms with Gasteiger partial charge in [0, 0.05) is 19.5 Å². The average Bonchev–Trinajstić information content (AvgIpc) is 2.62. The maximum Gasteiger partial charge on any atom is 0.242 e. The normalized spacial score (nSPS) is 11.6. The van der Waals surface area contributed by atoms with Gasteiger partial charge in [-0.25, -0.2) is 0 Å². The van der Waals surface area contributed by atoms with Crippen LogP contribution in [0.1, 0.15) is 58.3 Å². The molecule has 0 saturated heterocycles. The number of aliphatic imine (C=N–C) groups is 1.